The summed E-state index contributed by atoms with van der Waals surface area (Å²) in [5.74, 6) is 1.92. The summed E-state index contributed by atoms with van der Waals surface area (Å²) in [6.07, 6.45) is 0. The molecular formula is C48H34N4. The van der Waals surface area contributed by atoms with E-state index >= 15 is 0 Å². The normalized spacial score (nSPS) is 13.0. The largest absolute Gasteiger partial charge is 0.309 e. The van der Waals surface area contributed by atoms with Gasteiger partial charge in [0.2, 0.25) is 0 Å². The van der Waals surface area contributed by atoms with E-state index in [1.807, 2.05) is 24.3 Å². The molecule has 0 unspecified atom stereocenters. The fourth-order valence-corrected chi connectivity index (χ4v) is 8.11. The summed E-state index contributed by atoms with van der Waals surface area (Å²) in [5.41, 5.74) is 13.8. The van der Waals surface area contributed by atoms with Crippen LogP contribution in [-0.4, -0.2) is 19.5 Å². The molecule has 0 N–H and O–H groups in total. The lowest BCUT2D eigenvalue weighted by molar-refractivity contribution is 0.661. The summed E-state index contributed by atoms with van der Waals surface area (Å²) in [7, 11) is 0. The molecule has 10 rings (SSSR count). The van der Waals surface area contributed by atoms with Crippen molar-refractivity contribution in [3.8, 4) is 62.1 Å². The van der Waals surface area contributed by atoms with Gasteiger partial charge in [0.1, 0.15) is 0 Å². The number of benzene rings is 7. The highest BCUT2D eigenvalue weighted by Crippen LogP contribution is 2.52. The molecule has 52 heavy (non-hydrogen) atoms. The van der Waals surface area contributed by atoms with Gasteiger partial charge in [-0.3, -0.25) is 0 Å². The van der Waals surface area contributed by atoms with Gasteiger partial charge < -0.3 is 4.57 Å². The maximum atomic E-state index is 5.16. The molecule has 0 amide bonds. The molecule has 9 aromatic rings. The standard InChI is InChI=1S/C48H34N4/c1-48(2)40-25-11-9-24-39(40)43-41(48)28-27-38-37-23-10-12-26-42(37)52(44(38)43)36-22-14-21-35(30-36)47-50-45(32-17-7-4-8-18-32)49-46(51-47)34-20-13-19-33(29-34)31-15-5-3-6-16-31/h3-30H,1-2H3. The molecule has 2 heterocycles. The zero-order valence-electron chi connectivity index (χ0n) is 29.0. The van der Waals surface area contributed by atoms with E-state index in [1.54, 1.807) is 0 Å². The van der Waals surface area contributed by atoms with Gasteiger partial charge in [-0.15, -0.1) is 0 Å². The first-order chi connectivity index (χ1) is 25.5. The number of aromatic nitrogens is 4. The van der Waals surface area contributed by atoms with Crippen molar-refractivity contribution in [2.45, 2.75) is 19.3 Å². The Morgan fingerprint density at radius 2 is 1.00 bits per heavy atom. The van der Waals surface area contributed by atoms with Gasteiger partial charge in [0.15, 0.2) is 17.5 Å². The zero-order chi connectivity index (χ0) is 34.8. The molecule has 0 aliphatic heterocycles. The number of rotatable bonds is 5. The van der Waals surface area contributed by atoms with Crippen LogP contribution in [0, 0.1) is 0 Å². The topological polar surface area (TPSA) is 43.6 Å². The third kappa shape index (κ3) is 4.72. The van der Waals surface area contributed by atoms with Crippen LogP contribution in [0.15, 0.2) is 170 Å². The van der Waals surface area contributed by atoms with E-state index in [-0.39, 0.29) is 5.41 Å². The van der Waals surface area contributed by atoms with Crippen LogP contribution in [0.4, 0.5) is 0 Å². The van der Waals surface area contributed by atoms with Crippen LogP contribution in [0.1, 0.15) is 25.0 Å². The Kier molecular flexibility index (Phi) is 6.80. The number of hydrogen-bond acceptors (Lipinski definition) is 3. The second-order valence-electron chi connectivity index (χ2n) is 14.1. The molecule has 4 nitrogen and oxygen atoms in total. The van der Waals surface area contributed by atoms with E-state index in [4.69, 9.17) is 15.0 Å². The summed E-state index contributed by atoms with van der Waals surface area (Å²) in [6.45, 7) is 4.69. The fraction of sp³-hybridized carbons (Fsp3) is 0.0625. The highest BCUT2D eigenvalue weighted by molar-refractivity contribution is 6.15. The van der Waals surface area contributed by atoms with E-state index in [9.17, 15) is 0 Å². The summed E-state index contributed by atoms with van der Waals surface area (Å²) >= 11 is 0. The van der Waals surface area contributed by atoms with Crippen LogP contribution in [0.2, 0.25) is 0 Å². The maximum Gasteiger partial charge on any atom is 0.164 e. The van der Waals surface area contributed by atoms with Crippen LogP contribution in [0.5, 0.6) is 0 Å². The zero-order valence-corrected chi connectivity index (χ0v) is 29.0. The van der Waals surface area contributed by atoms with Crippen molar-refractivity contribution >= 4 is 21.8 Å². The predicted molar refractivity (Wildman–Crippen MR) is 213 cm³/mol. The summed E-state index contributed by atoms with van der Waals surface area (Å²) in [6, 6.07) is 60.0. The van der Waals surface area contributed by atoms with Crippen molar-refractivity contribution in [2.75, 3.05) is 0 Å². The number of fused-ring (bicyclic) bond motifs is 7. The summed E-state index contributed by atoms with van der Waals surface area (Å²) in [5, 5.41) is 2.49. The van der Waals surface area contributed by atoms with Crippen molar-refractivity contribution in [3.63, 3.8) is 0 Å². The minimum absolute atomic E-state index is 0.101. The van der Waals surface area contributed by atoms with E-state index in [1.165, 1.54) is 44.1 Å². The third-order valence-corrected chi connectivity index (χ3v) is 10.6. The second-order valence-corrected chi connectivity index (χ2v) is 14.1. The number of hydrogen-bond donors (Lipinski definition) is 0. The van der Waals surface area contributed by atoms with Crippen molar-refractivity contribution in [1.82, 2.24) is 19.5 Å². The lowest BCUT2D eigenvalue weighted by Gasteiger charge is -2.21. The van der Waals surface area contributed by atoms with Gasteiger partial charge in [-0.2, -0.15) is 0 Å². The predicted octanol–water partition coefficient (Wildman–Crippen LogP) is 11.9. The Bertz CT molecular complexity index is 2810. The molecule has 0 saturated heterocycles. The third-order valence-electron chi connectivity index (χ3n) is 10.6. The molecule has 1 aliphatic carbocycles. The molecule has 0 bridgehead atoms. The number of nitrogens with zero attached hydrogens (tertiary/aromatic N) is 4. The van der Waals surface area contributed by atoms with Gasteiger partial charge >= 0.3 is 0 Å². The Labute approximate surface area is 302 Å². The van der Waals surface area contributed by atoms with Gasteiger partial charge in [-0.1, -0.05) is 159 Å². The Balaban J connectivity index is 1.19. The molecule has 2 aromatic heterocycles. The van der Waals surface area contributed by atoms with Gasteiger partial charge in [0.05, 0.1) is 11.0 Å². The first kappa shape index (κ1) is 30.2. The first-order valence-corrected chi connectivity index (χ1v) is 17.8. The van der Waals surface area contributed by atoms with Crippen LogP contribution in [0.25, 0.3) is 83.9 Å². The minimum Gasteiger partial charge on any atom is -0.309 e. The molecule has 0 atom stereocenters. The molecule has 0 radical (unpaired) electrons. The van der Waals surface area contributed by atoms with Crippen LogP contribution in [-0.2, 0) is 5.41 Å². The number of para-hydroxylation sites is 1. The minimum atomic E-state index is -0.101. The highest BCUT2D eigenvalue weighted by Gasteiger charge is 2.37. The molecule has 246 valence electrons. The molecule has 0 fully saturated rings. The van der Waals surface area contributed by atoms with Crippen molar-refractivity contribution in [1.29, 1.82) is 0 Å². The smallest absolute Gasteiger partial charge is 0.164 e. The van der Waals surface area contributed by atoms with Crippen molar-refractivity contribution < 1.29 is 0 Å². The maximum absolute atomic E-state index is 5.16. The van der Waals surface area contributed by atoms with Crippen molar-refractivity contribution in [3.05, 3.63) is 181 Å². The Morgan fingerprint density at radius 1 is 0.423 bits per heavy atom. The SMILES string of the molecule is CC1(C)c2ccccc2-c2c1ccc1c3ccccc3n(-c3cccc(-c4nc(-c5ccccc5)nc(-c5cccc(-c6ccccc6)c5)n4)c3)c21. The Hall–Kier alpha value is -6.65. The van der Waals surface area contributed by atoms with Gasteiger partial charge in [0, 0.05) is 44.1 Å². The highest BCUT2D eigenvalue weighted by atomic mass is 15.0. The van der Waals surface area contributed by atoms with Crippen molar-refractivity contribution in [2.24, 2.45) is 0 Å². The lowest BCUT2D eigenvalue weighted by Crippen LogP contribution is -2.14. The second kappa shape index (κ2) is 11.7. The lowest BCUT2D eigenvalue weighted by atomic mass is 9.82. The van der Waals surface area contributed by atoms with Crippen LogP contribution in [0.3, 0.4) is 0 Å². The molecule has 4 heteroatoms. The quantitative estimate of drug-likeness (QED) is 0.184. The van der Waals surface area contributed by atoms with E-state index in [0.29, 0.717) is 17.5 Å². The van der Waals surface area contributed by atoms with E-state index in [2.05, 4.69) is 164 Å². The summed E-state index contributed by atoms with van der Waals surface area (Å²) < 4.78 is 2.44. The van der Waals surface area contributed by atoms with Crippen LogP contribution < -0.4 is 0 Å². The van der Waals surface area contributed by atoms with Gasteiger partial charge in [-0.05, 0) is 52.1 Å². The average molecular weight is 667 g/mol. The monoisotopic (exact) mass is 666 g/mol. The fourth-order valence-electron chi connectivity index (χ4n) is 8.11. The summed E-state index contributed by atoms with van der Waals surface area (Å²) in [4.78, 5) is 15.3. The van der Waals surface area contributed by atoms with E-state index < -0.39 is 0 Å². The molecule has 0 spiro atoms. The average Bonchev–Trinajstić information content (AvgIpc) is 3.67. The Morgan fingerprint density at radius 3 is 1.77 bits per heavy atom. The van der Waals surface area contributed by atoms with Gasteiger partial charge in [-0.25, -0.2) is 15.0 Å². The molecule has 7 aromatic carbocycles. The van der Waals surface area contributed by atoms with Gasteiger partial charge in [0.25, 0.3) is 0 Å². The molecule has 1 aliphatic rings. The van der Waals surface area contributed by atoms with E-state index in [0.717, 1.165) is 33.5 Å². The van der Waals surface area contributed by atoms with Crippen LogP contribution >= 0.6 is 0 Å². The molecular weight excluding hydrogens is 633 g/mol. The first-order valence-electron chi connectivity index (χ1n) is 17.8. The molecule has 0 saturated carbocycles.